The normalized spacial score (nSPS) is 19.1. The molecule has 0 aliphatic carbocycles. The molecule has 0 spiro atoms. The van der Waals surface area contributed by atoms with Gasteiger partial charge in [-0.05, 0) is 50.2 Å². The molecular weight excluding hydrogens is 466 g/mol. The Bertz CT molecular complexity index is 1200. The molecule has 2 aromatic carbocycles. The van der Waals surface area contributed by atoms with Gasteiger partial charge in [0, 0.05) is 46.3 Å². The predicted octanol–water partition coefficient (Wildman–Crippen LogP) is 5.06. The number of halogens is 1. The molecule has 0 radical (unpaired) electrons. The zero-order valence-corrected chi connectivity index (χ0v) is 20.5. The molecule has 1 fully saturated rings. The van der Waals surface area contributed by atoms with Gasteiger partial charge in [-0.2, -0.15) is 0 Å². The predicted molar refractivity (Wildman–Crippen MR) is 133 cm³/mol. The van der Waals surface area contributed by atoms with Crippen LogP contribution in [0.15, 0.2) is 58.8 Å². The van der Waals surface area contributed by atoms with Crippen LogP contribution in [0, 0.1) is 0 Å². The number of nitrogens with one attached hydrogen (secondary N) is 2. The van der Waals surface area contributed by atoms with Crippen molar-refractivity contribution < 1.29 is 13.2 Å². The molecule has 0 amide bonds. The molecular formula is C23H26ClN3O3S2. The summed E-state index contributed by atoms with van der Waals surface area (Å²) in [5.74, 6) is 0.469. The minimum atomic E-state index is -3.80. The van der Waals surface area contributed by atoms with E-state index in [-0.39, 0.29) is 4.21 Å². The van der Waals surface area contributed by atoms with Crippen molar-refractivity contribution in [2.24, 2.45) is 0 Å². The van der Waals surface area contributed by atoms with Crippen molar-refractivity contribution in [3.63, 3.8) is 0 Å². The number of piperazine rings is 1. The van der Waals surface area contributed by atoms with E-state index in [1.54, 1.807) is 24.3 Å². The highest BCUT2D eigenvalue weighted by molar-refractivity contribution is 7.94. The van der Waals surface area contributed by atoms with Crippen molar-refractivity contribution in [2.45, 2.75) is 30.1 Å². The number of nitrogens with zero attached hydrogens (tertiary/aromatic N) is 1. The third-order valence-corrected chi connectivity index (χ3v) is 8.64. The van der Waals surface area contributed by atoms with Crippen LogP contribution in [-0.4, -0.2) is 40.7 Å². The smallest absolute Gasteiger partial charge is 0.271 e. The molecule has 0 bridgehead atoms. The largest absolute Gasteiger partial charge is 0.495 e. The van der Waals surface area contributed by atoms with E-state index in [0.29, 0.717) is 28.5 Å². The van der Waals surface area contributed by atoms with E-state index in [9.17, 15) is 8.42 Å². The van der Waals surface area contributed by atoms with Crippen molar-refractivity contribution in [1.29, 1.82) is 0 Å². The van der Waals surface area contributed by atoms with Gasteiger partial charge < -0.3 is 15.0 Å². The average Bonchev–Trinajstić information content (AvgIpc) is 3.24. The van der Waals surface area contributed by atoms with E-state index in [1.165, 1.54) is 18.4 Å². The molecule has 1 saturated heterocycles. The molecule has 2 N–H and O–H groups in total. The zero-order chi connectivity index (χ0) is 22.9. The number of ether oxygens (including phenoxy) is 1. The highest BCUT2D eigenvalue weighted by Gasteiger charge is 2.24. The van der Waals surface area contributed by atoms with E-state index >= 15 is 0 Å². The summed E-state index contributed by atoms with van der Waals surface area (Å²) in [6.07, 6.45) is 0. The molecule has 1 aliphatic rings. The highest BCUT2D eigenvalue weighted by atomic mass is 35.5. The Hall–Kier alpha value is -2.26. The number of sulfonamides is 1. The summed E-state index contributed by atoms with van der Waals surface area (Å²) < 4.78 is 34.7. The molecule has 3 aromatic rings. The van der Waals surface area contributed by atoms with Crippen LogP contribution < -0.4 is 19.7 Å². The van der Waals surface area contributed by atoms with Gasteiger partial charge in [-0.1, -0.05) is 29.8 Å². The second kappa shape index (κ2) is 9.31. The number of anilines is 2. The van der Waals surface area contributed by atoms with Gasteiger partial charge in [0.05, 0.1) is 12.8 Å². The van der Waals surface area contributed by atoms with Gasteiger partial charge in [0.25, 0.3) is 10.0 Å². The summed E-state index contributed by atoms with van der Waals surface area (Å²) >= 11 is 7.46. The fraction of sp³-hybridized carbons (Fsp3) is 0.304. The van der Waals surface area contributed by atoms with Gasteiger partial charge in [-0.25, -0.2) is 8.42 Å². The lowest BCUT2D eigenvalue weighted by molar-refractivity contribution is 0.406. The number of benzene rings is 2. The average molecular weight is 492 g/mol. The van der Waals surface area contributed by atoms with Gasteiger partial charge in [-0.3, -0.25) is 4.72 Å². The Morgan fingerprint density at radius 1 is 1.09 bits per heavy atom. The molecule has 1 aliphatic heterocycles. The van der Waals surface area contributed by atoms with Crippen LogP contribution in [-0.2, 0) is 10.0 Å². The van der Waals surface area contributed by atoms with Crippen molar-refractivity contribution in [3.8, 4) is 16.2 Å². The fourth-order valence-electron chi connectivity index (χ4n) is 3.98. The van der Waals surface area contributed by atoms with Crippen molar-refractivity contribution in [2.75, 3.05) is 29.8 Å². The van der Waals surface area contributed by atoms with Gasteiger partial charge in [0.1, 0.15) is 9.96 Å². The Balaban J connectivity index is 1.62. The van der Waals surface area contributed by atoms with Crippen LogP contribution in [0.25, 0.3) is 10.4 Å². The van der Waals surface area contributed by atoms with Gasteiger partial charge in [0.15, 0.2) is 0 Å². The quantitative estimate of drug-likeness (QED) is 0.504. The molecule has 1 aromatic heterocycles. The first-order valence-electron chi connectivity index (χ1n) is 10.3. The SMILES string of the molecule is COc1ccc(N2CC(C)NC(C)C2)cc1NS(=O)(=O)c1ccc(-c2ccccc2Cl)s1. The first kappa shape index (κ1) is 22.9. The summed E-state index contributed by atoms with van der Waals surface area (Å²) in [4.78, 5) is 3.05. The summed E-state index contributed by atoms with van der Waals surface area (Å²) in [6, 6.07) is 17.0. The zero-order valence-electron chi connectivity index (χ0n) is 18.1. The van der Waals surface area contributed by atoms with Crippen LogP contribution in [0.4, 0.5) is 11.4 Å². The second-order valence-corrected chi connectivity index (χ2v) is 11.4. The third kappa shape index (κ3) is 4.88. The van der Waals surface area contributed by atoms with Crippen LogP contribution in [0.5, 0.6) is 5.75 Å². The molecule has 2 heterocycles. The molecule has 2 atom stereocenters. The van der Waals surface area contributed by atoms with E-state index in [2.05, 4.69) is 28.8 Å². The van der Waals surface area contributed by atoms with Crippen molar-refractivity contribution in [3.05, 3.63) is 59.6 Å². The molecule has 170 valence electrons. The van der Waals surface area contributed by atoms with Crippen LogP contribution >= 0.6 is 22.9 Å². The molecule has 4 rings (SSSR count). The van der Waals surface area contributed by atoms with E-state index in [1.807, 2.05) is 30.3 Å². The maximum atomic E-state index is 13.2. The molecule has 9 heteroatoms. The van der Waals surface area contributed by atoms with Crippen molar-refractivity contribution >= 4 is 44.3 Å². The minimum Gasteiger partial charge on any atom is -0.495 e. The number of methoxy groups -OCH3 is 1. The molecule has 32 heavy (non-hydrogen) atoms. The van der Waals surface area contributed by atoms with Crippen LogP contribution in [0.3, 0.4) is 0 Å². The molecule has 6 nitrogen and oxygen atoms in total. The lowest BCUT2D eigenvalue weighted by atomic mass is 10.1. The topological polar surface area (TPSA) is 70.7 Å². The standard InChI is InChI=1S/C23H26ClN3O3S2/c1-15-13-27(14-16(2)25-15)17-8-9-21(30-3)20(12-17)26-32(28,29)23-11-10-22(31-23)18-6-4-5-7-19(18)24/h4-12,15-16,25-26H,13-14H2,1-3H3. The van der Waals surface area contributed by atoms with Gasteiger partial charge in [0.2, 0.25) is 0 Å². The van der Waals surface area contributed by atoms with E-state index in [0.717, 1.165) is 29.2 Å². The maximum Gasteiger partial charge on any atom is 0.271 e. The maximum absolute atomic E-state index is 13.2. The first-order valence-corrected chi connectivity index (χ1v) is 13.0. The third-order valence-electron chi connectivity index (χ3n) is 5.34. The number of hydrogen-bond donors (Lipinski definition) is 2. The fourth-order valence-corrected chi connectivity index (χ4v) is 6.68. The number of rotatable bonds is 6. The Labute approximate surface area is 198 Å². The summed E-state index contributed by atoms with van der Waals surface area (Å²) in [7, 11) is -2.27. The van der Waals surface area contributed by atoms with Crippen LogP contribution in [0.2, 0.25) is 5.02 Å². The lowest BCUT2D eigenvalue weighted by Crippen LogP contribution is -2.54. The van der Waals surface area contributed by atoms with E-state index < -0.39 is 10.0 Å². The monoisotopic (exact) mass is 491 g/mol. The summed E-state index contributed by atoms with van der Waals surface area (Å²) in [6.45, 7) is 5.97. The Morgan fingerprint density at radius 3 is 2.50 bits per heavy atom. The number of hydrogen-bond acceptors (Lipinski definition) is 6. The molecule has 2 unspecified atom stereocenters. The summed E-state index contributed by atoms with van der Waals surface area (Å²) in [5.41, 5.74) is 2.17. The first-order chi connectivity index (χ1) is 15.3. The Kier molecular flexibility index (Phi) is 6.67. The second-order valence-electron chi connectivity index (χ2n) is 7.96. The lowest BCUT2D eigenvalue weighted by Gasteiger charge is -2.38. The van der Waals surface area contributed by atoms with E-state index in [4.69, 9.17) is 16.3 Å². The minimum absolute atomic E-state index is 0.212. The van der Waals surface area contributed by atoms with Crippen LogP contribution in [0.1, 0.15) is 13.8 Å². The van der Waals surface area contributed by atoms with Gasteiger partial charge in [-0.15, -0.1) is 11.3 Å². The van der Waals surface area contributed by atoms with Gasteiger partial charge >= 0.3 is 0 Å². The summed E-state index contributed by atoms with van der Waals surface area (Å²) in [5, 5.41) is 4.09. The Morgan fingerprint density at radius 2 is 1.81 bits per heavy atom. The number of thiophene rings is 1. The highest BCUT2D eigenvalue weighted by Crippen LogP contribution is 2.37. The molecule has 0 saturated carbocycles. The van der Waals surface area contributed by atoms with Crippen molar-refractivity contribution in [1.82, 2.24) is 5.32 Å².